The molecule has 2 rings (SSSR count). The van der Waals surface area contributed by atoms with E-state index in [0.29, 0.717) is 6.54 Å². The molecule has 2 heterocycles. The van der Waals surface area contributed by atoms with Crippen LogP contribution in [0.1, 0.15) is 25.6 Å². The third-order valence-electron chi connectivity index (χ3n) is 2.88. The molecule has 0 spiro atoms. The van der Waals surface area contributed by atoms with Gasteiger partial charge in [0.15, 0.2) is 6.10 Å². The first kappa shape index (κ1) is 10.0. The van der Waals surface area contributed by atoms with Crippen LogP contribution in [0.25, 0.3) is 0 Å². The van der Waals surface area contributed by atoms with Crippen LogP contribution in [0.4, 0.5) is 4.79 Å². The van der Waals surface area contributed by atoms with Gasteiger partial charge in [-0.3, -0.25) is 4.68 Å². The predicted molar refractivity (Wildman–Crippen MR) is 54.3 cm³/mol. The molecule has 5 nitrogen and oxygen atoms in total. The summed E-state index contributed by atoms with van der Waals surface area (Å²) in [6, 6.07) is 1.95. The molecule has 82 valence electrons. The maximum Gasteiger partial charge on any atom is 0.410 e. The number of hydrogen-bond acceptors (Lipinski definition) is 3. The smallest absolute Gasteiger partial charge is 0.410 e. The highest BCUT2D eigenvalue weighted by molar-refractivity contribution is 5.70. The van der Waals surface area contributed by atoms with Crippen LogP contribution in [0.2, 0.25) is 0 Å². The quantitative estimate of drug-likeness (QED) is 0.738. The van der Waals surface area contributed by atoms with Crippen LogP contribution in [-0.4, -0.2) is 33.4 Å². The molecular formula is C10H15N3O2. The monoisotopic (exact) mass is 209 g/mol. The first-order valence-electron chi connectivity index (χ1n) is 5.10. The van der Waals surface area contributed by atoms with E-state index in [0.717, 1.165) is 5.69 Å². The standard InChI is InChI=1S/C10H15N3O2/c1-4-13-7(2)9(15-10(13)14)8-5-6-11-12(8)3/h5-7,9H,4H2,1-3H3/t7-,9-/m0/s1. The number of amides is 1. The zero-order valence-electron chi connectivity index (χ0n) is 9.17. The molecule has 0 saturated carbocycles. The topological polar surface area (TPSA) is 47.4 Å². The van der Waals surface area contributed by atoms with Gasteiger partial charge in [-0.2, -0.15) is 5.10 Å². The molecular weight excluding hydrogens is 194 g/mol. The Hall–Kier alpha value is -1.52. The Morgan fingerprint density at radius 3 is 2.80 bits per heavy atom. The summed E-state index contributed by atoms with van der Waals surface area (Å²) < 4.78 is 7.07. The van der Waals surface area contributed by atoms with E-state index >= 15 is 0 Å². The summed E-state index contributed by atoms with van der Waals surface area (Å²) >= 11 is 0. The fourth-order valence-corrected chi connectivity index (χ4v) is 1.99. The van der Waals surface area contributed by atoms with Crippen LogP contribution in [0.5, 0.6) is 0 Å². The van der Waals surface area contributed by atoms with E-state index in [1.165, 1.54) is 0 Å². The molecule has 0 unspecified atom stereocenters. The molecule has 1 aliphatic rings. The lowest BCUT2D eigenvalue weighted by molar-refractivity contribution is 0.127. The van der Waals surface area contributed by atoms with Crippen molar-refractivity contribution in [1.29, 1.82) is 0 Å². The second-order valence-corrected chi connectivity index (χ2v) is 3.71. The van der Waals surface area contributed by atoms with E-state index in [1.54, 1.807) is 15.8 Å². The van der Waals surface area contributed by atoms with E-state index in [2.05, 4.69) is 5.10 Å². The summed E-state index contributed by atoms with van der Waals surface area (Å²) in [6.45, 7) is 4.61. The fourth-order valence-electron chi connectivity index (χ4n) is 1.99. The van der Waals surface area contributed by atoms with Crippen molar-refractivity contribution in [3.63, 3.8) is 0 Å². The number of hydrogen-bond donors (Lipinski definition) is 0. The van der Waals surface area contributed by atoms with Crippen LogP contribution in [0.3, 0.4) is 0 Å². The number of carbonyl (C=O) groups is 1. The van der Waals surface area contributed by atoms with Gasteiger partial charge in [-0.1, -0.05) is 0 Å². The Balaban J connectivity index is 2.26. The minimum Gasteiger partial charge on any atom is -0.437 e. The van der Waals surface area contributed by atoms with Crippen LogP contribution in [-0.2, 0) is 11.8 Å². The van der Waals surface area contributed by atoms with Gasteiger partial charge in [0.25, 0.3) is 0 Å². The second kappa shape index (κ2) is 3.56. The fraction of sp³-hybridized carbons (Fsp3) is 0.600. The molecule has 1 amide bonds. The largest absolute Gasteiger partial charge is 0.437 e. The SMILES string of the molecule is CCN1C(=O)O[C@H](c2ccnn2C)[C@@H]1C. The summed E-state index contributed by atoms with van der Waals surface area (Å²) in [5.74, 6) is 0. The molecule has 0 N–H and O–H groups in total. The Labute approximate surface area is 88.6 Å². The van der Waals surface area contributed by atoms with Crippen molar-refractivity contribution in [2.75, 3.05) is 6.54 Å². The molecule has 0 bridgehead atoms. The summed E-state index contributed by atoms with van der Waals surface area (Å²) in [5, 5.41) is 4.08. The lowest BCUT2D eigenvalue weighted by Crippen LogP contribution is -2.31. The Morgan fingerprint density at radius 2 is 2.33 bits per heavy atom. The van der Waals surface area contributed by atoms with Crippen LogP contribution >= 0.6 is 0 Å². The van der Waals surface area contributed by atoms with Crippen molar-refractivity contribution in [2.24, 2.45) is 7.05 Å². The van der Waals surface area contributed by atoms with Gasteiger partial charge in [0.2, 0.25) is 0 Å². The van der Waals surface area contributed by atoms with Gasteiger partial charge in [-0.15, -0.1) is 0 Å². The highest BCUT2D eigenvalue weighted by atomic mass is 16.6. The highest BCUT2D eigenvalue weighted by Gasteiger charge is 2.39. The first-order chi connectivity index (χ1) is 7.15. The molecule has 15 heavy (non-hydrogen) atoms. The molecule has 5 heteroatoms. The second-order valence-electron chi connectivity index (χ2n) is 3.71. The third kappa shape index (κ3) is 1.48. The zero-order chi connectivity index (χ0) is 11.0. The maximum atomic E-state index is 11.5. The molecule has 1 aliphatic heterocycles. The molecule has 1 aromatic heterocycles. The third-order valence-corrected chi connectivity index (χ3v) is 2.88. The van der Waals surface area contributed by atoms with Gasteiger partial charge in [0.05, 0.1) is 11.7 Å². The summed E-state index contributed by atoms with van der Waals surface area (Å²) in [5.41, 5.74) is 0.937. The number of likely N-dealkylation sites (N-methyl/N-ethyl adjacent to an activating group) is 1. The molecule has 0 aromatic carbocycles. The Kier molecular flexibility index (Phi) is 2.38. The average molecular weight is 209 g/mol. The summed E-state index contributed by atoms with van der Waals surface area (Å²) in [6.07, 6.45) is 1.27. The van der Waals surface area contributed by atoms with E-state index < -0.39 is 0 Å². The van der Waals surface area contributed by atoms with Gasteiger partial charge >= 0.3 is 6.09 Å². The number of ether oxygens (including phenoxy) is 1. The summed E-state index contributed by atoms with van der Waals surface area (Å²) in [7, 11) is 1.85. The van der Waals surface area contributed by atoms with Crippen LogP contribution in [0.15, 0.2) is 12.3 Å². The number of cyclic esters (lactones) is 1. The molecule has 2 atom stereocenters. The van der Waals surface area contributed by atoms with Crippen molar-refractivity contribution in [2.45, 2.75) is 26.0 Å². The van der Waals surface area contributed by atoms with Gasteiger partial charge < -0.3 is 9.64 Å². The zero-order valence-corrected chi connectivity index (χ0v) is 9.17. The normalized spacial score (nSPS) is 25.8. The number of rotatable bonds is 2. The molecule has 1 saturated heterocycles. The minimum absolute atomic E-state index is 0.0675. The van der Waals surface area contributed by atoms with Crippen molar-refractivity contribution >= 4 is 6.09 Å². The molecule has 0 radical (unpaired) electrons. The van der Waals surface area contributed by atoms with E-state index in [4.69, 9.17) is 4.74 Å². The Morgan fingerprint density at radius 1 is 1.60 bits per heavy atom. The highest BCUT2D eigenvalue weighted by Crippen LogP contribution is 2.31. The summed E-state index contributed by atoms with van der Waals surface area (Å²) in [4.78, 5) is 13.2. The number of aryl methyl sites for hydroxylation is 1. The van der Waals surface area contributed by atoms with Gasteiger partial charge in [0, 0.05) is 19.8 Å². The molecule has 0 aliphatic carbocycles. The minimum atomic E-state index is -0.240. The maximum absolute atomic E-state index is 11.5. The lowest BCUT2D eigenvalue weighted by atomic mass is 10.1. The average Bonchev–Trinajstić information content (AvgIpc) is 2.71. The Bertz CT molecular complexity index is 374. The van der Waals surface area contributed by atoms with Gasteiger partial charge in [-0.05, 0) is 19.9 Å². The van der Waals surface area contributed by atoms with E-state index in [1.807, 2.05) is 27.0 Å². The van der Waals surface area contributed by atoms with Gasteiger partial charge in [-0.25, -0.2) is 4.79 Å². The number of carbonyl (C=O) groups excluding carboxylic acids is 1. The van der Waals surface area contributed by atoms with E-state index in [-0.39, 0.29) is 18.2 Å². The number of aromatic nitrogens is 2. The lowest BCUT2D eigenvalue weighted by Gasteiger charge is -2.18. The van der Waals surface area contributed by atoms with E-state index in [9.17, 15) is 4.79 Å². The van der Waals surface area contributed by atoms with Crippen molar-refractivity contribution in [3.05, 3.63) is 18.0 Å². The van der Waals surface area contributed by atoms with Gasteiger partial charge in [0.1, 0.15) is 0 Å². The van der Waals surface area contributed by atoms with Crippen LogP contribution < -0.4 is 0 Å². The van der Waals surface area contributed by atoms with Crippen molar-refractivity contribution in [1.82, 2.24) is 14.7 Å². The number of nitrogens with zero attached hydrogens (tertiary/aromatic N) is 3. The predicted octanol–water partition coefficient (Wildman–Crippen LogP) is 1.32. The van der Waals surface area contributed by atoms with Crippen LogP contribution in [0, 0.1) is 0 Å². The van der Waals surface area contributed by atoms with Crippen molar-refractivity contribution < 1.29 is 9.53 Å². The molecule has 1 aromatic rings. The first-order valence-corrected chi connectivity index (χ1v) is 5.10. The molecule has 1 fully saturated rings. The van der Waals surface area contributed by atoms with Crippen molar-refractivity contribution in [3.8, 4) is 0 Å².